The molecule has 13 heavy (non-hydrogen) atoms. The van der Waals surface area contributed by atoms with E-state index in [1.165, 1.54) is 4.90 Å². The summed E-state index contributed by atoms with van der Waals surface area (Å²) < 4.78 is 0. The van der Waals surface area contributed by atoms with Gasteiger partial charge in [-0.1, -0.05) is 0 Å². The molecule has 3 nitrogen and oxygen atoms in total. The van der Waals surface area contributed by atoms with Crippen LogP contribution in [0.25, 0.3) is 0 Å². The van der Waals surface area contributed by atoms with Gasteiger partial charge in [0.15, 0.2) is 0 Å². The number of hydrogen-bond donors (Lipinski definition) is 0. The zero-order valence-electron chi connectivity index (χ0n) is 7.97. The quantitative estimate of drug-likeness (QED) is 0.637. The minimum Gasteiger partial charge on any atom is -0.282 e. The monoisotopic (exact) mass is 203 g/mol. The van der Waals surface area contributed by atoms with Gasteiger partial charge in [0.25, 0.3) is 0 Å². The summed E-state index contributed by atoms with van der Waals surface area (Å²) in [4.78, 5) is 24.3. The lowest BCUT2D eigenvalue weighted by Crippen LogP contribution is -2.42. The van der Waals surface area contributed by atoms with Crippen LogP contribution in [-0.2, 0) is 9.59 Å². The molecule has 0 radical (unpaired) electrons. The number of halogens is 1. The molecule has 1 fully saturated rings. The first-order valence-corrected chi connectivity index (χ1v) is 4.93. The Kier molecular flexibility index (Phi) is 2.96. The number of nitrogens with zero attached hydrogens (tertiary/aromatic N) is 1. The van der Waals surface area contributed by atoms with Crippen LogP contribution in [0.4, 0.5) is 0 Å². The van der Waals surface area contributed by atoms with Crippen LogP contribution in [0.1, 0.15) is 26.7 Å². The van der Waals surface area contributed by atoms with Crippen molar-refractivity contribution in [2.75, 3.05) is 12.4 Å². The molecule has 0 atom stereocenters. The Bertz CT molecular complexity index is 238. The summed E-state index contributed by atoms with van der Waals surface area (Å²) in [5, 5.41) is 0. The molecule has 1 saturated heterocycles. The molecule has 0 aromatic rings. The summed E-state index contributed by atoms with van der Waals surface area (Å²) in [7, 11) is 0. The Balaban J connectivity index is 2.72. The highest BCUT2D eigenvalue weighted by molar-refractivity contribution is 6.20. The van der Waals surface area contributed by atoms with Crippen molar-refractivity contribution in [3.05, 3.63) is 0 Å². The number of amides is 2. The lowest BCUT2D eigenvalue weighted by Gasteiger charge is -2.25. The van der Waals surface area contributed by atoms with Gasteiger partial charge in [-0.05, 0) is 20.3 Å². The molecule has 1 rings (SSSR count). The van der Waals surface area contributed by atoms with E-state index >= 15 is 0 Å². The predicted octanol–water partition coefficient (Wildman–Crippen LogP) is 1.40. The van der Waals surface area contributed by atoms with E-state index < -0.39 is 5.41 Å². The van der Waals surface area contributed by atoms with Crippen LogP contribution in [0.2, 0.25) is 0 Å². The van der Waals surface area contributed by atoms with Crippen molar-refractivity contribution in [3.8, 4) is 0 Å². The molecule has 0 aromatic heterocycles. The second kappa shape index (κ2) is 3.66. The van der Waals surface area contributed by atoms with E-state index in [0.717, 1.165) is 6.42 Å². The molecule has 1 aliphatic heterocycles. The van der Waals surface area contributed by atoms with Gasteiger partial charge in [-0.25, -0.2) is 0 Å². The van der Waals surface area contributed by atoms with Crippen molar-refractivity contribution in [1.29, 1.82) is 0 Å². The maximum atomic E-state index is 11.7. The number of likely N-dealkylation sites (tertiary alicyclic amines) is 1. The van der Waals surface area contributed by atoms with Crippen molar-refractivity contribution in [3.63, 3.8) is 0 Å². The summed E-state index contributed by atoms with van der Waals surface area (Å²) in [5.74, 6) is 0.0310. The van der Waals surface area contributed by atoms with Crippen LogP contribution in [-0.4, -0.2) is 29.1 Å². The van der Waals surface area contributed by atoms with Crippen molar-refractivity contribution < 1.29 is 9.59 Å². The molecule has 74 valence electrons. The zero-order chi connectivity index (χ0) is 10.1. The molecule has 0 aliphatic carbocycles. The van der Waals surface area contributed by atoms with E-state index in [1.807, 2.05) is 0 Å². The van der Waals surface area contributed by atoms with Crippen molar-refractivity contribution in [2.24, 2.45) is 5.41 Å². The standard InChI is InChI=1S/C9H14ClNO2/c1-9(2,6-10)8(13)11-5-3-4-7(11)12/h3-6H2,1-2H3. The highest BCUT2D eigenvalue weighted by Gasteiger charge is 2.36. The Morgan fingerprint density at radius 3 is 2.62 bits per heavy atom. The summed E-state index contributed by atoms with van der Waals surface area (Å²) in [6.07, 6.45) is 1.27. The highest BCUT2D eigenvalue weighted by atomic mass is 35.5. The van der Waals surface area contributed by atoms with E-state index in [2.05, 4.69) is 0 Å². The second-order valence-corrected chi connectivity index (χ2v) is 4.24. The third-order valence-corrected chi connectivity index (χ3v) is 2.90. The Morgan fingerprint density at radius 1 is 1.62 bits per heavy atom. The van der Waals surface area contributed by atoms with Gasteiger partial charge in [-0.3, -0.25) is 14.5 Å². The molecule has 0 spiro atoms. The van der Waals surface area contributed by atoms with Crippen LogP contribution in [0.3, 0.4) is 0 Å². The van der Waals surface area contributed by atoms with Crippen LogP contribution in [0.5, 0.6) is 0 Å². The third kappa shape index (κ3) is 2.02. The Morgan fingerprint density at radius 2 is 2.23 bits per heavy atom. The van der Waals surface area contributed by atoms with Gasteiger partial charge in [-0.15, -0.1) is 11.6 Å². The SMILES string of the molecule is CC(C)(CCl)C(=O)N1CCCC1=O. The molecule has 1 aliphatic rings. The molecule has 4 heteroatoms. The van der Waals surface area contributed by atoms with Crippen molar-refractivity contribution in [2.45, 2.75) is 26.7 Å². The summed E-state index contributed by atoms with van der Waals surface area (Å²) in [6.45, 7) is 4.07. The fraction of sp³-hybridized carbons (Fsp3) is 0.778. The molecule has 0 aromatic carbocycles. The fourth-order valence-electron chi connectivity index (χ4n) is 1.29. The van der Waals surface area contributed by atoms with E-state index in [4.69, 9.17) is 11.6 Å². The molecule has 2 amide bonds. The van der Waals surface area contributed by atoms with Gasteiger partial charge < -0.3 is 0 Å². The van der Waals surface area contributed by atoms with Gasteiger partial charge in [0, 0.05) is 18.8 Å². The van der Waals surface area contributed by atoms with Crippen LogP contribution in [0.15, 0.2) is 0 Å². The van der Waals surface area contributed by atoms with E-state index in [-0.39, 0.29) is 17.7 Å². The number of rotatable bonds is 2. The van der Waals surface area contributed by atoms with Gasteiger partial charge >= 0.3 is 0 Å². The number of alkyl halides is 1. The minimum absolute atomic E-state index is 0.0665. The van der Waals surface area contributed by atoms with E-state index in [9.17, 15) is 9.59 Å². The maximum Gasteiger partial charge on any atom is 0.236 e. The lowest BCUT2D eigenvalue weighted by atomic mass is 9.94. The topological polar surface area (TPSA) is 37.4 Å². The summed E-state index contributed by atoms with van der Waals surface area (Å²) in [6, 6.07) is 0. The smallest absolute Gasteiger partial charge is 0.236 e. The largest absolute Gasteiger partial charge is 0.282 e. The molecule has 0 saturated carbocycles. The molecule has 0 N–H and O–H groups in total. The van der Waals surface area contributed by atoms with Crippen LogP contribution < -0.4 is 0 Å². The number of hydrogen-bond acceptors (Lipinski definition) is 2. The summed E-state index contributed by atoms with van der Waals surface area (Å²) in [5.41, 5.74) is -0.623. The van der Waals surface area contributed by atoms with Gasteiger partial charge in [0.05, 0.1) is 5.41 Å². The maximum absolute atomic E-state index is 11.7. The fourth-order valence-corrected chi connectivity index (χ4v) is 1.40. The van der Waals surface area contributed by atoms with Crippen LogP contribution in [0, 0.1) is 5.41 Å². The first-order chi connectivity index (χ1) is 5.99. The van der Waals surface area contributed by atoms with E-state index in [0.29, 0.717) is 13.0 Å². The molecule has 0 bridgehead atoms. The minimum atomic E-state index is -0.623. The predicted molar refractivity (Wildman–Crippen MR) is 50.5 cm³/mol. The first-order valence-electron chi connectivity index (χ1n) is 4.40. The third-order valence-electron chi connectivity index (χ3n) is 2.23. The zero-order valence-corrected chi connectivity index (χ0v) is 8.73. The first kappa shape index (κ1) is 10.5. The Labute approximate surface area is 83.0 Å². The lowest BCUT2D eigenvalue weighted by molar-refractivity contribution is -0.147. The van der Waals surface area contributed by atoms with Gasteiger partial charge in [0.2, 0.25) is 11.8 Å². The number of carbonyl (C=O) groups excluding carboxylic acids is 2. The molecule has 1 heterocycles. The summed E-state index contributed by atoms with van der Waals surface area (Å²) >= 11 is 5.66. The number of imide groups is 1. The van der Waals surface area contributed by atoms with Gasteiger partial charge in [-0.2, -0.15) is 0 Å². The number of carbonyl (C=O) groups is 2. The average molecular weight is 204 g/mol. The molecular weight excluding hydrogens is 190 g/mol. The van der Waals surface area contributed by atoms with Crippen molar-refractivity contribution >= 4 is 23.4 Å². The Hall–Kier alpha value is -0.570. The van der Waals surface area contributed by atoms with Gasteiger partial charge in [0.1, 0.15) is 0 Å². The average Bonchev–Trinajstić information content (AvgIpc) is 2.50. The van der Waals surface area contributed by atoms with Crippen molar-refractivity contribution in [1.82, 2.24) is 4.90 Å². The molecular formula is C9H14ClNO2. The normalized spacial score (nSPS) is 18.1. The highest BCUT2D eigenvalue weighted by Crippen LogP contribution is 2.23. The van der Waals surface area contributed by atoms with Crippen LogP contribution >= 0.6 is 11.6 Å². The van der Waals surface area contributed by atoms with E-state index in [1.54, 1.807) is 13.8 Å². The second-order valence-electron chi connectivity index (χ2n) is 3.97. The molecule has 0 unspecified atom stereocenters.